The van der Waals surface area contributed by atoms with Gasteiger partial charge in [0.1, 0.15) is 5.82 Å². The summed E-state index contributed by atoms with van der Waals surface area (Å²) in [6.45, 7) is 3.88. The van der Waals surface area contributed by atoms with Gasteiger partial charge in [-0.05, 0) is 36.9 Å². The Hall–Kier alpha value is -1.98. The molecule has 1 unspecified atom stereocenters. The summed E-state index contributed by atoms with van der Waals surface area (Å²) in [7, 11) is 0. The second-order valence-electron chi connectivity index (χ2n) is 4.88. The number of nitrogens with zero attached hydrogens (tertiary/aromatic N) is 2. The predicted octanol–water partition coefficient (Wildman–Crippen LogP) is 3.82. The van der Waals surface area contributed by atoms with Crippen molar-refractivity contribution in [2.75, 3.05) is 0 Å². The third kappa shape index (κ3) is 2.62. The Morgan fingerprint density at radius 1 is 1.38 bits per heavy atom. The van der Waals surface area contributed by atoms with E-state index in [9.17, 15) is 5.11 Å². The molecule has 0 fully saturated rings. The molecule has 5 heteroatoms. The van der Waals surface area contributed by atoms with Crippen molar-refractivity contribution in [2.24, 2.45) is 0 Å². The molecule has 0 aliphatic carbocycles. The van der Waals surface area contributed by atoms with E-state index in [4.69, 9.17) is 4.98 Å². The zero-order valence-electron chi connectivity index (χ0n) is 12.0. The summed E-state index contributed by atoms with van der Waals surface area (Å²) in [6, 6.07) is 5.92. The van der Waals surface area contributed by atoms with Gasteiger partial charge in [0.2, 0.25) is 0 Å². The minimum Gasteiger partial charge on any atom is -0.388 e. The molecule has 0 aromatic carbocycles. The lowest BCUT2D eigenvalue weighted by atomic mass is 10.1. The van der Waals surface area contributed by atoms with Gasteiger partial charge in [-0.15, -0.1) is 11.3 Å². The largest absolute Gasteiger partial charge is 0.388 e. The van der Waals surface area contributed by atoms with E-state index in [2.05, 4.69) is 16.9 Å². The van der Waals surface area contributed by atoms with Gasteiger partial charge in [0.05, 0.1) is 11.8 Å². The molecule has 3 rings (SSSR count). The van der Waals surface area contributed by atoms with E-state index in [-0.39, 0.29) is 0 Å². The SMILES string of the molecule is CCc1[nH]c(-c2ccsc2C(C)O)nc1-c1cccnc1. The topological polar surface area (TPSA) is 61.8 Å². The van der Waals surface area contributed by atoms with Crippen molar-refractivity contribution >= 4 is 11.3 Å². The first-order chi connectivity index (χ1) is 10.2. The van der Waals surface area contributed by atoms with E-state index >= 15 is 0 Å². The van der Waals surface area contributed by atoms with E-state index in [1.54, 1.807) is 24.5 Å². The van der Waals surface area contributed by atoms with Crippen LogP contribution in [-0.4, -0.2) is 20.1 Å². The van der Waals surface area contributed by atoms with Gasteiger partial charge in [0.25, 0.3) is 0 Å². The molecule has 0 saturated carbocycles. The van der Waals surface area contributed by atoms with Crippen LogP contribution < -0.4 is 0 Å². The van der Waals surface area contributed by atoms with Crippen LogP contribution in [0.25, 0.3) is 22.6 Å². The number of nitrogens with one attached hydrogen (secondary N) is 1. The molecule has 4 nitrogen and oxygen atoms in total. The normalized spacial score (nSPS) is 12.5. The zero-order chi connectivity index (χ0) is 14.8. The first kappa shape index (κ1) is 14.0. The number of pyridine rings is 1. The Kier molecular flexibility index (Phi) is 3.86. The fourth-order valence-corrected chi connectivity index (χ4v) is 3.21. The molecule has 3 aromatic rings. The average molecular weight is 299 g/mol. The molecule has 108 valence electrons. The summed E-state index contributed by atoms with van der Waals surface area (Å²) in [6.07, 6.45) is 3.96. The Labute approximate surface area is 127 Å². The highest BCUT2D eigenvalue weighted by molar-refractivity contribution is 7.10. The quantitative estimate of drug-likeness (QED) is 0.770. The third-order valence-corrected chi connectivity index (χ3v) is 4.48. The molecule has 0 amide bonds. The summed E-state index contributed by atoms with van der Waals surface area (Å²) < 4.78 is 0. The molecule has 3 aromatic heterocycles. The summed E-state index contributed by atoms with van der Waals surface area (Å²) in [5.41, 5.74) is 4.00. The van der Waals surface area contributed by atoms with Crippen LogP contribution in [0.4, 0.5) is 0 Å². The minimum absolute atomic E-state index is 0.489. The van der Waals surface area contributed by atoms with Crippen LogP contribution in [-0.2, 0) is 6.42 Å². The molecule has 21 heavy (non-hydrogen) atoms. The van der Waals surface area contributed by atoms with Gasteiger partial charge in [-0.1, -0.05) is 6.92 Å². The standard InChI is InChI=1S/C16H17N3OS/c1-3-13-14(11-5-4-7-17-9-11)19-16(18-13)12-6-8-21-15(12)10(2)20/h4-10,20H,3H2,1-2H3,(H,18,19). The first-order valence-electron chi connectivity index (χ1n) is 6.95. The highest BCUT2D eigenvalue weighted by Crippen LogP contribution is 2.33. The van der Waals surface area contributed by atoms with E-state index in [1.807, 2.05) is 29.8 Å². The number of aliphatic hydroxyl groups is 1. The van der Waals surface area contributed by atoms with Crippen molar-refractivity contribution in [3.8, 4) is 22.6 Å². The van der Waals surface area contributed by atoms with Crippen molar-refractivity contribution < 1.29 is 5.11 Å². The van der Waals surface area contributed by atoms with Crippen LogP contribution in [0.1, 0.15) is 30.5 Å². The van der Waals surface area contributed by atoms with Gasteiger partial charge in [0.15, 0.2) is 0 Å². The summed E-state index contributed by atoms with van der Waals surface area (Å²) in [5, 5.41) is 11.8. The number of hydrogen-bond acceptors (Lipinski definition) is 4. The number of aliphatic hydroxyl groups excluding tert-OH is 1. The highest BCUT2D eigenvalue weighted by Gasteiger charge is 2.17. The van der Waals surface area contributed by atoms with Gasteiger partial charge in [-0.3, -0.25) is 4.98 Å². The molecule has 0 radical (unpaired) electrons. The zero-order valence-corrected chi connectivity index (χ0v) is 12.8. The molecule has 0 saturated heterocycles. The Morgan fingerprint density at radius 2 is 2.24 bits per heavy atom. The summed E-state index contributed by atoms with van der Waals surface area (Å²) in [5.74, 6) is 0.808. The van der Waals surface area contributed by atoms with Crippen molar-refractivity contribution in [1.82, 2.24) is 15.0 Å². The van der Waals surface area contributed by atoms with Crippen molar-refractivity contribution in [1.29, 1.82) is 0 Å². The number of hydrogen-bond donors (Lipinski definition) is 2. The van der Waals surface area contributed by atoms with Crippen LogP contribution in [0.3, 0.4) is 0 Å². The number of imidazole rings is 1. The van der Waals surface area contributed by atoms with Crippen molar-refractivity contribution in [3.63, 3.8) is 0 Å². The van der Waals surface area contributed by atoms with Gasteiger partial charge in [0, 0.05) is 34.1 Å². The second kappa shape index (κ2) is 5.79. The van der Waals surface area contributed by atoms with E-state index in [0.717, 1.165) is 39.6 Å². The van der Waals surface area contributed by atoms with E-state index in [0.29, 0.717) is 0 Å². The summed E-state index contributed by atoms with van der Waals surface area (Å²) in [4.78, 5) is 13.2. The van der Waals surface area contributed by atoms with E-state index in [1.165, 1.54) is 0 Å². The molecule has 0 bridgehead atoms. The second-order valence-corrected chi connectivity index (χ2v) is 5.83. The maximum absolute atomic E-state index is 9.86. The number of thiophene rings is 1. The lowest BCUT2D eigenvalue weighted by Gasteiger charge is -2.03. The number of aryl methyl sites for hydroxylation is 1. The fourth-order valence-electron chi connectivity index (χ4n) is 2.37. The number of rotatable bonds is 4. The van der Waals surface area contributed by atoms with Gasteiger partial charge in [-0.25, -0.2) is 4.98 Å². The van der Waals surface area contributed by atoms with Crippen LogP contribution in [0.2, 0.25) is 0 Å². The molecule has 3 heterocycles. The molecule has 1 atom stereocenters. The summed E-state index contributed by atoms with van der Waals surface area (Å²) >= 11 is 1.55. The molecule has 0 aliphatic rings. The van der Waals surface area contributed by atoms with Crippen LogP contribution in [0.5, 0.6) is 0 Å². The number of aromatic amines is 1. The van der Waals surface area contributed by atoms with Crippen molar-refractivity contribution in [3.05, 3.63) is 46.5 Å². The predicted molar refractivity (Wildman–Crippen MR) is 85.1 cm³/mol. The van der Waals surface area contributed by atoms with Crippen molar-refractivity contribution in [2.45, 2.75) is 26.4 Å². The molecular formula is C16H17N3OS. The lowest BCUT2D eigenvalue weighted by molar-refractivity contribution is 0.203. The van der Waals surface area contributed by atoms with Crippen LogP contribution in [0.15, 0.2) is 36.0 Å². The third-order valence-electron chi connectivity index (χ3n) is 3.40. The molecule has 2 N–H and O–H groups in total. The van der Waals surface area contributed by atoms with E-state index < -0.39 is 6.10 Å². The highest BCUT2D eigenvalue weighted by atomic mass is 32.1. The Bertz CT molecular complexity index is 731. The Morgan fingerprint density at radius 3 is 2.90 bits per heavy atom. The number of H-pyrrole nitrogens is 1. The molecule has 0 aliphatic heterocycles. The van der Waals surface area contributed by atoms with Crippen LogP contribution in [0, 0.1) is 0 Å². The number of aromatic nitrogens is 3. The Balaban J connectivity index is 2.10. The van der Waals surface area contributed by atoms with Gasteiger partial charge in [-0.2, -0.15) is 0 Å². The molecule has 0 spiro atoms. The monoisotopic (exact) mass is 299 g/mol. The average Bonchev–Trinajstić information content (AvgIpc) is 3.14. The fraction of sp³-hybridized carbons (Fsp3) is 0.250. The van der Waals surface area contributed by atoms with Gasteiger partial charge >= 0.3 is 0 Å². The minimum atomic E-state index is -0.489. The van der Waals surface area contributed by atoms with Gasteiger partial charge < -0.3 is 10.1 Å². The van der Waals surface area contributed by atoms with Crippen LogP contribution >= 0.6 is 11.3 Å². The molecular weight excluding hydrogens is 282 g/mol. The smallest absolute Gasteiger partial charge is 0.139 e. The first-order valence-corrected chi connectivity index (χ1v) is 7.83. The lowest BCUT2D eigenvalue weighted by Crippen LogP contribution is -1.90. The maximum Gasteiger partial charge on any atom is 0.139 e. The maximum atomic E-state index is 9.86.